The van der Waals surface area contributed by atoms with Crippen molar-refractivity contribution in [1.29, 1.82) is 0 Å². The van der Waals surface area contributed by atoms with Gasteiger partial charge in [0.05, 0.1) is 0 Å². The summed E-state index contributed by atoms with van der Waals surface area (Å²) in [4.78, 5) is 56.2. The van der Waals surface area contributed by atoms with Gasteiger partial charge in [-0.1, -0.05) is 60.7 Å². The van der Waals surface area contributed by atoms with Crippen LogP contribution in [-0.2, 0) is 33.8 Å². The minimum atomic E-state index is -1.01. The molecule has 0 fully saturated rings. The molecule has 0 aliphatic rings. The Kier molecular flexibility index (Phi) is 12.4. The van der Waals surface area contributed by atoms with Crippen molar-refractivity contribution in [3.63, 3.8) is 0 Å². The molecule has 1 heterocycles. The summed E-state index contributed by atoms with van der Waals surface area (Å²) in [5, 5.41) is 9.57. The summed E-state index contributed by atoms with van der Waals surface area (Å²) in [5.41, 5.74) is 19.1. The number of thiophene rings is 1. The summed E-state index contributed by atoms with van der Waals surface area (Å²) in [6.07, 6.45) is 2.03. The van der Waals surface area contributed by atoms with E-state index in [4.69, 9.17) is 17.2 Å². The predicted molar refractivity (Wildman–Crippen MR) is 182 cm³/mol. The molecule has 0 aliphatic heterocycles. The largest absolute Gasteiger partial charge is 0.368 e. The van der Waals surface area contributed by atoms with Gasteiger partial charge in [0.1, 0.15) is 18.1 Å². The molecule has 11 heteroatoms. The van der Waals surface area contributed by atoms with Crippen LogP contribution in [0.2, 0.25) is 0 Å². The molecule has 0 unspecified atom stereocenters. The van der Waals surface area contributed by atoms with E-state index in [2.05, 4.69) is 10.6 Å². The molecule has 0 radical (unpaired) electrons. The van der Waals surface area contributed by atoms with Crippen molar-refractivity contribution in [2.75, 3.05) is 13.6 Å². The normalized spacial score (nSPS) is 13.0. The first-order chi connectivity index (χ1) is 22.2. The Hall–Kier alpha value is -4.58. The van der Waals surface area contributed by atoms with E-state index in [1.807, 2.05) is 66.0 Å². The van der Waals surface area contributed by atoms with Crippen molar-refractivity contribution in [3.05, 3.63) is 106 Å². The zero-order valence-electron chi connectivity index (χ0n) is 26.0. The van der Waals surface area contributed by atoms with Crippen LogP contribution in [0.4, 0.5) is 0 Å². The van der Waals surface area contributed by atoms with Crippen molar-refractivity contribution >= 4 is 45.7 Å². The lowest BCUT2D eigenvalue weighted by molar-refractivity contribution is -0.141. The zero-order chi connectivity index (χ0) is 33.1. The van der Waals surface area contributed by atoms with Crippen LogP contribution in [0.25, 0.3) is 10.8 Å². The number of hydrogen-bond donors (Lipinski definition) is 5. The minimum Gasteiger partial charge on any atom is -0.368 e. The number of likely N-dealkylation sites (N-methyl/N-ethyl adjacent to an activating group) is 1. The lowest BCUT2D eigenvalue weighted by Gasteiger charge is -2.32. The molecule has 0 bridgehead atoms. The number of amides is 4. The fourth-order valence-electron chi connectivity index (χ4n) is 5.44. The highest BCUT2D eigenvalue weighted by molar-refractivity contribution is 7.09. The van der Waals surface area contributed by atoms with E-state index in [1.165, 1.54) is 16.2 Å². The van der Waals surface area contributed by atoms with Gasteiger partial charge < -0.3 is 32.7 Å². The zero-order valence-corrected chi connectivity index (χ0v) is 26.8. The summed E-state index contributed by atoms with van der Waals surface area (Å²) >= 11 is 1.46. The van der Waals surface area contributed by atoms with Crippen LogP contribution in [0.5, 0.6) is 0 Å². The smallest absolute Gasteiger partial charge is 0.251 e. The van der Waals surface area contributed by atoms with Crippen LogP contribution >= 0.6 is 11.3 Å². The minimum absolute atomic E-state index is 0.184. The lowest BCUT2D eigenvalue weighted by Crippen LogP contribution is -2.57. The quantitative estimate of drug-likeness (QED) is 0.118. The molecular formula is C35H42N6O4S. The standard InChI is InChI=1S/C35H42N6O4S/c1-41(31(21-27-14-8-18-46-27)34(44)39-29(32(38)42)16-4-5-17-36)35(45)30(40-33(43)26-13-6-9-23(19-26)22-37)20-25-12-7-11-24-10-2-3-15-28(24)25/h2-3,6-15,18-19,29-31H,4-5,16-17,20-22,36-37H2,1H3,(H2,38,42)(H,39,44)(H,40,43)/t29-,30+,31+/m0/s1. The monoisotopic (exact) mass is 642 g/mol. The molecule has 0 aliphatic carbocycles. The van der Waals surface area contributed by atoms with Gasteiger partial charge in [-0.25, -0.2) is 0 Å². The van der Waals surface area contributed by atoms with Crippen LogP contribution in [0.15, 0.2) is 84.2 Å². The van der Waals surface area contributed by atoms with E-state index in [0.29, 0.717) is 31.4 Å². The Morgan fingerprint density at radius 3 is 2.33 bits per heavy atom. The molecule has 1 aromatic heterocycles. The van der Waals surface area contributed by atoms with Gasteiger partial charge in [-0.3, -0.25) is 19.2 Å². The summed E-state index contributed by atoms with van der Waals surface area (Å²) < 4.78 is 0. The van der Waals surface area contributed by atoms with Crippen molar-refractivity contribution in [2.45, 2.75) is 56.8 Å². The van der Waals surface area contributed by atoms with Gasteiger partial charge in [0.2, 0.25) is 17.7 Å². The van der Waals surface area contributed by atoms with E-state index in [0.717, 1.165) is 26.8 Å². The molecule has 0 spiro atoms. The van der Waals surface area contributed by atoms with Gasteiger partial charge in [0.25, 0.3) is 5.91 Å². The Balaban J connectivity index is 1.66. The predicted octanol–water partition coefficient (Wildman–Crippen LogP) is 2.87. The first-order valence-corrected chi connectivity index (χ1v) is 16.2. The summed E-state index contributed by atoms with van der Waals surface area (Å²) in [7, 11) is 1.55. The number of primary amides is 1. The van der Waals surface area contributed by atoms with Gasteiger partial charge in [0.15, 0.2) is 0 Å². The third-order valence-electron chi connectivity index (χ3n) is 8.03. The van der Waals surface area contributed by atoms with Gasteiger partial charge >= 0.3 is 0 Å². The van der Waals surface area contributed by atoms with Crippen LogP contribution < -0.4 is 27.8 Å². The van der Waals surface area contributed by atoms with Crippen LogP contribution in [-0.4, -0.2) is 60.2 Å². The molecule has 0 saturated heterocycles. The maximum atomic E-state index is 14.4. The topological polar surface area (TPSA) is 174 Å². The molecule has 4 aromatic rings. The third-order valence-corrected chi connectivity index (χ3v) is 8.93. The summed E-state index contributed by atoms with van der Waals surface area (Å²) in [6, 6.07) is 21.5. The third kappa shape index (κ3) is 9.00. The number of nitrogens with one attached hydrogen (secondary N) is 2. The number of nitrogens with two attached hydrogens (primary N) is 3. The Morgan fingerprint density at radius 2 is 1.61 bits per heavy atom. The first kappa shape index (κ1) is 34.3. The molecule has 0 saturated carbocycles. The molecule has 3 atom stereocenters. The van der Waals surface area contributed by atoms with Crippen molar-refractivity contribution in [3.8, 4) is 0 Å². The van der Waals surface area contributed by atoms with Gasteiger partial charge in [0, 0.05) is 36.9 Å². The van der Waals surface area contributed by atoms with Crippen molar-refractivity contribution in [1.82, 2.24) is 15.5 Å². The molecular weight excluding hydrogens is 600 g/mol. The van der Waals surface area contributed by atoms with Crippen molar-refractivity contribution in [2.24, 2.45) is 17.2 Å². The van der Waals surface area contributed by atoms with E-state index < -0.39 is 41.8 Å². The van der Waals surface area contributed by atoms with E-state index in [1.54, 1.807) is 25.2 Å². The number of rotatable bonds is 16. The first-order valence-electron chi connectivity index (χ1n) is 15.4. The highest BCUT2D eigenvalue weighted by Gasteiger charge is 2.34. The van der Waals surface area contributed by atoms with Gasteiger partial charge in [-0.15, -0.1) is 11.3 Å². The number of carbonyl (C=O) groups is 4. The Bertz CT molecular complexity index is 1640. The number of fused-ring (bicyclic) bond motifs is 1. The number of carbonyl (C=O) groups excluding carboxylic acids is 4. The number of unbranched alkanes of at least 4 members (excludes halogenated alkanes) is 1. The van der Waals surface area contributed by atoms with Crippen LogP contribution in [0, 0.1) is 0 Å². The second-order valence-electron chi connectivity index (χ2n) is 11.3. The maximum absolute atomic E-state index is 14.4. The lowest BCUT2D eigenvalue weighted by atomic mass is 9.97. The summed E-state index contributed by atoms with van der Waals surface area (Å²) in [6.45, 7) is 0.720. The van der Waals surface area contributed by atoms with E-state index in [-0.39, 0.29) is 19.4 Å². The van der Waals surface area contributed by atoms with Crippen LogP contribution in [0.3, 0.4) is 0 Å². The molecule has 8 N–H and O–H groups in total. The van der Waals surface area contributed by atoms with Gasteiger partial charge in [-0.05, 0) is 71.3 Å². The number of nitrogens with zero attached hydrogens (tertiary/aromatic N) is 1. The average Bonchev–Trinajstić information content (AvgIpc) is 3.59. The molecule has 242 valence electrons. The second kappa shape index (κ2) is 16.6. The number of benzene rings is 3. The second-order valence-corrected chi connectivity index (χ2v) is 12.3. The highest BCUT2D eigenvalue weighted by atomic mass is 32.1. The summed E-state index contributed by atoms with van der Waals surface area (Å²) in [5.74, 6) is -2.05. The average molecular weight is 643 g/mol. The molecule has 3 aromatic carbocycles. The SMILES string of the molecule is CN(C(=O)[C@@H](Cc1cccc2ccccc12)NC(=O)c1cccc(CN)c1)[C@H](Cc1cccs1)C(=O)N[C@@H](CCCCN)C(N)=O. The molecule has 4 amide bonds. The highest BCUT2D eigenvalue weighted by Crippen LogP contribution is 2.22. The van der Waals surface area contributed by atoms with E-state index in [9.17, 15) is 19.2 Å². The van der Waals surface area contributed by atoms with Gasteiger partial charge in [-0.2, -0.15) is 0 Å². The molecule has 10 nitrogen and oxygen atoms in total. The fraction of sp³-hybridized carbons (Fsp3) is 0.314. The molecule has 4 rings (SSSR count). The van der Waals surface area contributed by atoms with E-state index >= 15 is 0 Å². The Morgan fingerprint density at radius 1 is 0.848 bits per heavy atom. The maximum Gasteiger partial charge on any atom is 0.251 e. The fourth-order valence-corrected chi connectivity index (χ4v) is 6.19. The molecule has 46 heavy (non-hydrogen) atoms. The van der Waals surface area contributed by atoms with Crippen molar-refractivity contribution < 1.29 is 19.2 Å². The number of hydrogen-bond acceptors (Lipinski definition) is 7. The Labute approximate surface area is 273 Å². The van der Waals surface area contributed by atoms with Crippen LogP contribution in [0.1, 0.15) is 45.6 Å².